The number of fused-ring (bicyclic) bond motifs is 5. The first-order valence-corrected chi connectivity index (χ1v) is 9.67. The van der Waals surface area contributed by atoms with Crippen molar-refractivity contribution in [3.63, 3.8) is 0 Å². The van der Waals surface area contributed by atoms with Crippen LogP contribution in [0.1, 0.15) is 65.7 Å². The fourth-order valence-electron chi connectivity index (χ4n) is 7.00. The SMILES string of the molecule is COC1=C2C[C@@H](C)[C@@H]3[C@H](CC[C@]4(C)C(=O)CC[C@@H]34)[C@@]2(C)CCC1=O. The van der Waals surface area contributed by atoms with Crippen LogP contribution in [-0.2, 0) is 14.3 Å². The zero-order chi connectivity index (χ0) is 17.3. The maximum Gasteiger partial charge on any atom is 0.197 e. The fourth-order valence-corrected chi connectivity index (χ4v) is 7.00. The third kappa shape index (κ3) is 1.90. The van der Waals surface area contributed by atoms with Crippen molar-refractivity contribution in [2.45, 2.75) is 65.7 Å². The van der Waals surface area contributed by atoms with Gasteiger partial charge in [0.05, 0.1) is 7.11 Å². The van der Waals surface area contributed by atoms with E-state index in [2.05, 4.69) is 20.8 Å². The van der Waals surface area contributed by atoms with Gasteiger partial charge in [0, 0.05) is 18.3 Å². The minimum atomic E-state index is -0.0818. The molecule has 0 spiro atoms. The maximum absolute atomic E-state index is 12.5. The number of ketones is 2. The fraction of sp³-hybridized carbons (Fsp3) is 0.810. The van der Waals surface area contributed by atoms with E-state index in [0.29, 0.717) is 41.6 Å². The number of hydrogen-bond donors (Lipinski definition) is 0. The summed E-state index contributed by atoms with van der Waals surface area (Å²) in [6, 6.07) is 0. The number of carbonyl (C=O) groups is 2. The molecule has 0 amide bonds. The van der Waals surface area contributed by atoms with Crippen molar-refractivity contribution >= 4 is 11.6 Å². The Labute approximate surface area is 145 Å². The first-order chi connectivity index (χ1) is 11.3. The largest absolute Gasteiger partial charge is 0.493 e. The van der Waals surface area contributed by atoms with E-state index in [1.54, 1.807) is 7.11 Å². The lowest BCUT2D eigenvalue weighted by Gasteiger charge is -2.59. The van der Waals surface area contributed by atoms with E-state index in [9.17, 15) is 9.59 Å². The number of ether oxygens (including phenoxy) is 1. The molecule has 0 aromatic rings. The van der Waals surface area contributed by atoms with Crippen LogP contribution in [-0.4, -0.2) is 18.7 Å². The van der Waals surface area contributed by atoms with Gasteiger partial charge in [0.1, 0.15) is 5.78 Å². The molecule has 4 rings (SSSR count). The van der Waals surface area contributed by atoms with Gasteiger partial charge in [0.25, 0.3) is 0 Å². The highest BCUT2D eigenvalue weighted by Gasteiger charge is 2.61. The molecule has 24 heavy (non-hydrogen) atoms. The number of methoxy groups -OCH3 is 1. The maximum atomic E-state index is 12.5. The molecular formula is C21H30O3. The summed E-state index contributed by atoms with van der Waals surface area (Å²) in [6.45, 7) is 6.94. The van der Waals surface area contributed by atoms with Gasteiger partial charge in [-0.15, -0.1) is 0 Å². The third-order valence-electron chi connectivity index (χ3n) is 8.34. The molecule has 4 aliphatic rings. The Bertz CT molecular complexity index is 633. The topological polar surface area (TPSA) is 43.4 Å². The molecule has 0 bridgehead atoms. The van der Waals surface area contributed by atoms with Crippen molar-refractivity contribution < 1.29 is 14.3 Å². The highest BCUT2D eigenvalue weighted by Crippen LogP contribution is 2.66. The Kier molecular flexibility index (Phi) is 3.54. The Morgan fingerprint density at radius 1 is 1.00 bits per heavy atom. The molecule has 0 saturated heterocycles. The van der Waals surface area contributed by atoms with Crippen molar-refractivity contribution in [3.05, 3.63) is 11.3 Å². The third-order valence-corrected chi connectivity index (χ3v) is 8.34. The first-order valence-electron chi connectivity index (χ1n) is 9.67. The molecule has 3 heteroatoms. The summed E-state index contributed by atoms with van der Waals surface area (Å²) in [7, 11) is 1.65. The summed E-state index contributed by atoms with van der Waals surface area (Å²) in [5.74, 6) is 3.64. The predicted octanol–water partition coefficient (Wildman–Crippen LogP) is 4.31. The second-order valence-electron chi connectivity index (χ2n) is 9.24. The van der Waals surface area contributed by atoms with Crippen LogP contribution in [0.4, 0.5) is 0 Å². The van der Waals surface area contributed by atoms with E-state index < -0.39 is 0 Å². The summed E-state index contributed by atoms with van der Waals surface area (Å²) in [5, 5.41) is 0. The van der Waals surface area contributed by atoms with Gasteiger partial charge in [0.15, 0.2) is 11.5 Å². The molecule has 0 heterocycles. The lowest BCUT2D eigenvalue weighted by atomic mass is 9.45. The van der Waals surface area contributed by atoms with Crippen molar-refractivity contribution in [3.8, 4) is 0 Å². The molecule has 0 unspecified atom stereocenters. The summed E-state index contributed by atoms with van der Waals surface area (Å²) >= 11 is 0. The van der Waals surface area contributed by atoms with Gasteiger partial charge in [-0.2, -0.15) is 0 Å². The van der Waals surface area contributed by atoms with Gasteiger partial charge in [-0.05, 0) is 66.8 Å². The second-order valence-corrected chi connectivity index (χ2v) is 9.24. The van der Waals surface area contributed by atoms with E-state index in [0.717, 1.165) is 38.5 Å². The summed E-state index contributed by atoms with van der Waals surface area (Å²) in [5.41, 5.74) is 1.29. The zero-order valence-corrected chi connectivity index (χ0v) is 15.5. The highest BCUT2D eigenvalue weighted by atomic mass is 16.5. The van der Waals surface area contributed by atoms with E-state index >= 15 is 0 Å². The molecule has 4 aliphatic carbocycles. The molecule has 0 aromatic carbocycles. The lowest BCUT2D eigenvalue weighted by molar-refractivity contribution is -0.135. The van der Waals surface area contributed by atoms with Crippen molar-refractivity contribution in [2.75, 3.05) is 7.11 Å². The summed E-state index contributed by atoms with van der Waals surface area (Å²) < 4.78 is 5.57. The van der Waals surface area contributed by atoms with Crippen molar-refractivity contribution in [1.82, 2.24) is 0 Å². The number of carbonyl (C=O) groups excluding carboxylic acids is 2. The lowest BCUT2D eigenvalue weighted by Crippen LogP contribution is -2.53. The molecular weight excluding hydrogens is 300 g/mol. The smallest absolute Gasteiger partial charge is 0.197 e. The zero-order valence-electron chi connectivity index (χ0n) is 15.5. The molecule has 3 fully saturated rings. The van der Waals surface area contributed by atoms with E-state index in [1.165, 1.54) is 5.57 Å². The van der Waals surface area contributed by atoms with Gasteiger partial charge < -0.3 is 4.74 Å². The Morgan fingerprint density at radius 3 is 2.42 bits per heavy atom. The van der Waals surface area contributed by atoms with Crippen molar-refractivity contribution in [2.24, 2.45) is 34.5 Å². The molecule has 6 atom stereocenters. The summed E-state index contributed by atoms with van der Waals surface area (Å²) in [6.07, 6.45) is 6.54. The Morgan fingerprint density at radius 2 is 1.71 bits per heavy atom. The average molecular weight is 330 g/mol. The van der Waals surface area contributed by atoms with Crippen LogP contribution in [0.25, 0.3) is 0 Å². The van der Waals surface area contributed by atoms with E-state index in [-0.39, 0.29) is 16.6 Å². The van der Waals surface area contributed by atoms with Crippen LogP contribution in [0.2, 0.25) is 0 Å². The molecule has 0 N–H and O–H groups in total. The monoisotopic (exact) mass is 330 g/mol. The van der Waals surface area contributed by atoms with Crippen LogP contribution >= 0.6 is 0 Å². The number of allylic oxidation sites excluding steroid dienone is 1. The van der Waals surface area contributed by atoms with E-state index in [1.807, 2.05) is 0 Å². The van der Waals surface area contributed by atoms with Crippen LogP contribution in [0.5, 0.6) is 0 Å². The number of Topliss-reactive ketones (excluding diaryl/α,β-unsaturated/α-hetero) is 2. The first kappa shape index (κ1) is 16.4. The van der Waals surface area contributed by atoms with Crippen LogP contribution in [0, 0.1) is 34.5 Å². The Hall–Kier alpha value is -1.12. The normalized spacial score (nSPS) is 48.0. The predicted molar refractivity (Wildman–Crippen MR) is 92.2 cm³/mol. The van der Waals surface area contributed by atoms with Crippen LogP contribution < -0.4 is 0 Å². The van der Waals surface area contributed by atoms with Gasteiger partial charge in [-0.3, -0.25) is 9.59 Å². The summed E-state index contributed by atoms with van der Waals surface area (Å²) in [4.78, 5) is 24.9. The minimum Gasteiger partial charge on any atom is -0.493 e. The van der Waals surface area contributed by atoms with Crippen LogP contribution in [0.3, 0.4) is 0 Å². The highest BCUT2D eigenvalue weighted by molar-refractivity contribution is 5.95. The number of rotatable bonds is 1. The van der Waals surface area contributed by atoms with Crippen LogP contribution in [0.15, 0.2) is 11.3 Å². The molecule has 3 nitrogen and oxygen atoms in total. The van der Waals surface area contributed by atoms with E-state index in [4.69, 9.17) is 4.74 Å². The van der Waals surface area contributed by atoms with Crippen molar-refractivity contribution in [1.29, 1.82) is 0 Å². The molecule has 0 aliphatic heterocycles. The molecule has 0 radical (unpaired) electrons. The second kappa shape index (κ2) is 5.19. The number of hydrogen-bond acceptors (Lipinski definition) is 3. The average Bonchev–Trinajstić information content (AvgIpc) is 2.85. The quantitative estimate of drug-likeness (QED) is 0.719. The van der Waals surface area contributed by atoms with Gasteiger partial charge in [-0.25, -0.2) is 0 Å². The van der Waals surface area contributed by atoms with Gasteiger partial charge in [-0.1, -0.05) is 20.8 Å². The molecule has 132 valence electrons. The minimum absolute atomic E-state index is 0.0818. The molecule has 0 aromatic heterocycles. The molecule has 3 saturated carbocycles. The van der Waals surface area contributed by atoms with Gasteiger partial charge >= 0.3 is 0 Å². The Balaban J connectivity index is 1.78. The van der Waals surface area contributed by atoms with Gasteiger partial charge in [0.2, 0.25) is 0 Å². The standard InChI is InChI=1S/C21H30O3/c1-12-11-15-19(24-4)16(22)8-10-20(15,2)14-7-9-21(3)13(18(12)14)5-6-17(21)23/h12-14,18H,5-11H2,1-4H3/t12-,13+,14+,18+,20-,21+/m1/s1.